The van der Waals surface area contributed by atoms with E-state index >= 15 is 0 Å². The largest absolute Gasteiger partial charge is 3.00 e. The molecule has 0 spiro atoms. The zero-order valence-electron chi connectivity index (χ0n) is 54.0. The van der Waals surface area contributed by atoms with Gasteiger partial charge in [-0.15, -0.1) is 0 Å². The summed E-state index contributed by atoms with van der Waals surface area (Å²) in [5, 5.41) is 66.3. The van der Waals surface area contributed by atoms with Crippen LogP contribution in [0.15, 0.2) is 243 Å². The number of fused-ring (bicyclic) bond motifs is 6. The van der Waals surface area contributed by atoms with Gasteiger partial charge in [0.2, 0.25) is 0 Å². The molecule has 0 aliphatic heterocycles. The number of hydrogen-bond acceptors (Lipinski definition) is 16. The summed E-state index contributed by atoms with van der Waals surface area (Å²) in [7, 11) is 0. The zero-order chi connectivity index (χ0) is 68.4. The maximum absolute atomic E-state index is 10.3. The van der Waals surface area contributed by atoms with Gasteiger partial charge in [0.25, 0.3) is 0 Å². The van der Waals surface area contributed by atoms with E-state index in [1.807, 2.05) is 65.8 Å². The van der Waals surface area contributed by atoms with Crippen molar-refractivity contribution in [2.45, 2.75) is 80.1 Å². The Kier molecular flexibility index (Phi) is 37.0. The molecule has 0 unspecified atom stereocenters. The third kappa shape index (κ3) is 27.0. The molecule has 96 heavy (non-hydrogen) atoms. The minimum atomic E-state index is -1.12. The van der Waals surface area contributed by atoms with Crippen molar-refractivity contribution in [3.63, 3.8) is 0 Å². The van der Waals surface area contributed by atoms with Gasteiger partial charge in [0, 0.05) is 46.3 Å². The quantitative estimate of drug-likeness (QED) is 0.103. The summed E-state index contributed by atoms with van der Waals surface area (Å²) < 4.78 is 0. The van der Waals surface area contributed by atoms with Gasteiger partial charge in [-0.05, 0) is 130 Å². The molecule has 16 nitrogen and oxygen atoms in total. The molecule has 0 aliphatic rings. The number of carbonyl (C=O) groups excluding carboxylic acids is 6. The molecule has 0 N–H and O–H groups in total. The van der Waals surface area contributed by atoms with Gasteiger partial charge in [0.1, 0.15) is 0 Å². The minimum absolute atomic E-state index is 0. The smallest absolute Gasteiger partial charge is 0.545 e. The van der Waals surface area contributed by atoms with E-state index in [4.69, 9.17) is 0 Å². The fourth-order valence-corrected chi connectivity index (χ4v) is 8.62. The van der Waals surface area contributed by atoms with Crippen LogP contribution < -0.4 is 30.6 Å². The third-order valence-electron chi connectivity index (χ3n) is 14.3. The van der Waals surface area contributed by atoms with Crippen LogP contribution in [0.5, 0.6) is 0 Å². The molecule has 4 heterocycles. The molecule has 482 valence electrons. The minimum Gasteiger partial charge on any atom is -0.545 e. The Labute approximate surface area is 624 Å². The molecule has 0 aliphatic carbocycles. The van der Waals surface area contributed by atoms with Crippen LogP contribution in [0.2, 0.25) is 0 Å². The van der Waals surface area contributed by atoms with Crippen LogP contribution >= 0.6 is 0 Å². The van der Waals surface area contributed by atoms with E-state index in [0.717, 1.165) is 116 Å². The molecule has 0 bridgehead atoms. The number of carbonyl (C=O) groups is 6. The zero-order valence-corrected chi connectivity index (χ0v) is 60.4. The number of aromatic nitrogens is 4. The van der Waals surface area contributed by atoms with Gasteiger partial charge >= 0.3 is 81.7 Å². The number of carboxylic acid groups (broad SMARTS) is 6. The van der Waals surface area contributed by atoms with E-state index in [2.05, 4.69) is 68.5 Å². The van der Waals surface area contributed by atoms with Crippen molar-refractivity contribution >= 4 is 79.4 Å². The van der Waals surface area contributed by atoms with Crippen molar-refractivity contribution < 1.29 is 141 Å². The number of carboxylic acids is 6. The van der Waals surface area contributed by atoms with Gasteiger partial charge in [-0.2, -0.15) is 0 Å². The molecule has 0 atom stereocenters. The van der Waals surface area contributed by atoms with Crippen LogP contribution in [-0.4, -0.2) is 55.8 Å². The van der Waals surface area contributed by atoms with Gasteiger partial charge in [-0.1, -0.05) is 236 Å². The maximum Gasteiger partial charge on any atom is 3.00 e. The average Bonchev–Trinajstić information content (AvgIpc) is 0.811. The standard InChI is InChI=1S/2C12H8N2.6C9H10O2.2Nd/c2*1-3-9-5-6-10-4-2-8-14-12(10)11(9)13-7-1;6*1-2-7-3-5-8(6-4-7)9(10)11;;/h2*1-8H;6*3-6H,2H2,1H3,(H,10,11);;/q;;;;;;;;2*+3/p-6. The molecular formula is C78H70N4Nd2O12. The predicted octanol–water partition coefficient (Wildman–Crippen LogP) is 9.24. The molecule has 12 rings (SSSR count). The van der Waals surface area contributed by atoms with Crippen molar-refractivity contribution in [2.24, 2.45) is 0 Å². The molecule has 0 amide bonds. The summed E-state index contributed by atoms with van der Waals surface area (Å²) in [4.78, 5) is 79.1. The fraction of sp³-hybridized carbons (Fsp3) is 0.154. The van der Waals surface area contributed by atoms with Crippen molar-refractivity contribution in [1.82, 2.24) is 19.9 Å². The van der Waals surface area contributed by atoms with E-state index in [0.29, 0.717) is 0 Å². The van der Waals surface area contributed by atoms with Gasteiger partial charge < -0.3 is 59.4 Å². The number of hydrogen-bond donors (Lipinski definition) is 0. The monoisotopic (exact) mass is 1540 g/mol. The van der Waals surface area contributed by atoms with Crippen molar-refractivity contribution in [2.75, 3.05) is 0 Å². The summed E-state index contributed by atoms with van der Waals surface area (Å²) in [6.45, 7) is 12.1. The Balaban J connectivity index is 0.000000286. The van der Waals surface area contributed by atoms with Crippen LogP contribution in [0.4, 0.5) is 0 Å². The van der Waals surface area contributed by atoms with Crippen LogP contribution in [0.3, 0.4) is 0 Å². The topological polar surface area (TPSA) is 292 Å². The number of aryl methyl sites for hydroxylation is 6. The van der Waals surface area contributed by atoms with Crippen molar-refractivity contribution in [3.8, 4) is 0 Å². The Morgan fingerprint density at radius 1 is 0.229 bits per heavy atom. The fourth-order valence-electron chi connectivity index (χ4n) is 8.62. The second kappa shape index (κ2) is 43.8. The Morgan fingerprint density at radius 3 is 0.479 bits per heavy atom. The first-order chi connectivity index (χ1) is 45.3. The molecule has 2 radical (unpaired) electrons. The first-order valence-corrected chi connectivity index (χ1v) is 30.3. The first kappa shape index (κ1) is 81.2. The molecule has 0 saturated heterocycles. The maximum atomic E-state index is 10.3. The molecule has 12 aromatic rings. The second-order valence-electron chi connectivity index (χ2n) is 20.5. The van der Waals surface area contributed by atoms with Crippen molar-refractivity contribution in [1.29, 1.82) is 0 Å². The summed E-state index contributed by atoms with van der Waals surface area (Å²) in [5.74, 6) is -6.71. The summed E-state index contributed by atoms with van der Waals surface area (Å²) in [6, 6.07) is 64.6. The Hall–Kier alpha value is -9.08. The molecule has 4 aromatic heterocycles. The van der Waals surface area contributed by atoms with Gasteiger partial charge in [-0.3, -0.25) is 19.9 Å². The first-order valence-electron chi connectivity index (χ1n) is 30.3. The molecule has 0 fully saturated rings. The SMILES string of the molecule is CCc1ccc(C(=O)[O-])cc1.CCc1ccc(C(=O)[O-])cc1.CCc1ccc(C(=O)[O-])cc1.CCc1ccc(C(=O)[O-])cc1.CCc1ccc(C(=O)[O-])cc1.CCc1ccc(C(=O)[O-])cc1.[Nd+3].[Nd+3].c1cnc2c(c1)ccc1cccnc12.c1cnc2c(c1)ccc1cccnc12. The van der Waals surface area contributed by atoms with Crippen LogP contribution in [0.1, 0.15) is 137 Å². The van der Waals surface area contributed by atoms with E-state index in [-0.39, 0.29) is 115 Å². The van der Waals surface area contributed by atoms with Gasteiger partial charge in [0.15, 0.2) is 0 Å². The number of benzene rings is 8. The molecule has 8 aromatic carbocycles. The molecule has 18 heteroatoms. The van der Waals surface area contributed by atoms with Crippen LogP contribution in [-0.2, 0) is 38.5 Å². The molecular weight excluding hydrogens is 1470 g/mol. The normalized spacial score (nSPS) is 9.73. The molecule has 0 saturated carbocycles. The number of aromatic carboxylic acids is 6. The van der Waals surface area contributed by atoms with Crippen LogP contribution in [0.25, 0.3) is 43.6 Å². The summed E-state index contributed by atoms with van der Waals surface area (Å²) in [5.41, 5.74) is 12.1. The van der Waals surface area contributed by atoms with E-state index in [9.17, 15) is 59.4 Å². The Bertz CT molecular complexity index is 3720. The average molecular weight is 1540 g/mol. The number of nitrogens with zero attached hydrogens (tertiary/aromatic N) is 4. The van der Waals surface area contributed by atoms with E-state index < -0.39 is 35.8 Å². The van der Waals surface area contributed by atoms with Crippen molar-refractivity contribution in [3.05, 3.63) is 310 Å². The van der Waals surface area contributed by atoms with E-state index in [1.54, 1.807) is 170 Å². The Morgan fingerprint density at radius 2 is 0.365 bits per heavy atom. The summed E-state index contributed by atoms with van der Waals surface area (Å²) >= 11 is 0. The van der Waals surface area contributed by atoms with Gasteiger partial charge in [-0.25, -0.2) is 0 Å². The third-order valence-corrected chi connectivity index (χ3v) is 14.3. The number of pyridine rings is 4. The van der Waals surface area contributed by atoms with Crippen LogP contribution in [0, 0.1) is 81.7 Å². The number of rotatable bonds is 12. The predicted molar refractivity (Wildman–Crippen MR) is 355 cm³/mol. The van der Waals surface area contributed by atoms with E-state index in [1.165, 1.54) is 0 Å². The summed E-state index contributed by atoms with van der Waals surface area (Å²) in [6.07, 6.45) is 12.8. The second-order valence-corrected chi connectivity index (χ2v) is 20.5. The van der Waals surface area contributed by atoms with Gasteiger partial charge in [0.05, 0.1) is 57.9 Å².